The fourth-order valence-electron chi connectivity index (χ4n) is 1.42. The average molecular weight is 206 g/mol. The van der Waals surface area contributed by atoms with E-state index in [4.69, 9.17) is 9.52 Å². The fraction of sp³-hybridized carbons (Fsp3) is 0.300. The van der Waals surface area contributed by atoms with Gasteiger partial charge in [0.25, 0.3) is 0 Å². The SMILES string of the molecule is CC(CC(=O)O)c1cnc2ocnc2c1. The molecular formula is C10H10N2O3. The first-order valence-electron chi connectivity index (χ1n) is 4.58. The number of fused-ring (bicyclic) bond motifs is 1. The summed E-state index contributed by atoms with van der Waals surface area (Å²) in [7, 11) is 0. The van der Waals surface area contributed by atoms with Gasteiger partial charge in [-0.3, -0.25) is 4.79 Å². The molecular weight excluding hydrogens is 196 g/mol. The zero-order chi connectivity index (χ0) is 10.8. The summed E-state index contributed by atoms with van der Waals surface area (Å²) >= 11 is 0. The molecule has 0 aliphatic heterocycles. The Bertz CT molecular complexity index is 492. The molecule has 1 N–H and O–H groups in total. The van der Waals surface area contributed by atoms with Crippen LogP contribution in [0.2, 0.25) is 0 Å². The number of nitrogens with zero attached hydrogens (tertiary/aromatic N) is 2. The normalized spacial score (nSPS) is 12.9. The van der Waals surface area contributed by atoms with Gasteiger partial charge in [-0.25, -0.2) is 9.97 Å². The van der Waals surface area contributed by atoms with Crippen LogP contribution in [0.3, 0.4) is 0 Å². The molecule has 5 nitrogen and oxygen atoms in total. The van der Waals surface area contributed by atoms with E-state index in [1.807, 2.05) is 6.92 Å². The van der Waals surface area contributed by atoms with Crippen molar-refractivity contribution >= 4 is 17.2 Å². The molecule has 0 saturated carbocycles. The summed E-state index contributed by atoms with van der Waals surface area (Å²) in [6.45, 7) is 1.84. The maximum atomic E-state index is 10.5. The smallest absolute Gasteiger partial charge is 0.303 e. The summed E-state index contributed by atoms with van der Waals surface area (Å²) in [5.41, 5.74) is 1.99. The number of pyridine rings is 1. The minimum atomic E-state index is -0.817. The maximum absolute atomic E-state index is 10.5. The van der Waals surface area contributed by atoms with Crippen LogP contribution in [0.5, 0.6) is 0 Å². The van der Waals surface area contributed by atoms with Gasteiger partial charge in [0.1, 0.15) is 5.52 Å². The van der Waals surface area contributed by atoms with Crippen molar-refractivity contribution in [3.8, 4) is 0 Å². The number of oxazole rings is 1. The van der Waals surface area contributed by atoms with Gasteiger partial charge in [0.05, 0.1) is 6.42 Å². The van der Waals surface area contributed by atoms with Gasteiger partial charge < -0.3 is 9.52 Å². The van der Waals surface area contributed by atoms with Crippen molar-refractivity contribution in [3.63, 3.8) is 0 Å². The van der Waals surface area contributed by atoms with Crippen LogP contribution in [0, 0.1) is 0 Å². The molecule has 2 aromatic rings. The Balaban J connectivity index is 2.30. The lowest BCUT2D eigenvalue weighted by Gasteiger charge is -2.07. The van der Waals surface area contributed by atoms with Gasteiger partial charge in [-0.05, 0) is 17.5 Å². The van der Waals surface area contributed by atoms with Crippen LogP contribution in [0.25, 0.3) is 11.2 Å². The third-order valence-corrected chi connectivity index (χ3v) is 2.26. The summed E-state index contributed by atoms with van der Waals surface area (Å²) in [5.74, 6) is -0.890. The molecule has 0 aromatic carbocycles. The van der Waals surface area contributed by atoms with Crippen molar-refractivity contribution < 1.29 is 14.3 Å². The third kappa shape index (κ3) is 1.96. The summed E-state index contributed by atoms with van der Waals surface area (Å²) in [4.78, 5) is 18.6. The highest BCUT2D eigenvalue weighted by Gasteiger charge is 2.12. The Morgan fingerprint density at radius 1 is 1.60 bits per heavy atom. The minimum Gasteiger partial charge on any atom is -0.481 e. The minimum absolute atomic E-state index is 0.0731. The molecule has 0 radical (unpaired) electrons. The van der Waals surface area contributed by atoms with Gasteiger partial charge in [-0.2, -0.15) is 0 Å². The standard InChI is InChI=1S/C10H10N2O3/c1-6(2-9(13)14)7-3-8-10(11-4-7)15-5-12-8/h3-6H,2H2,1H3,(H,13,14). The molecule has 15 heavy (non-hydrogen) atoms. The van der Waals surface area contributed by atoms with Crippen molar-refractivity contribution in [1.82, 2.24) is 9.97 Å². The van der Waals surface area contributed by atoms with Crippen LogP contribution in [-0.4, -0.2) is 21.0 Å². The zero-order valence-corrected chi connectivity index (χ0v) is 8.17. The van der Waals surface area contributed by atoms with E-state index in [9.17, 15) is 4.79 Å². The van der Waals surface area contributed by atoms with Gasteiger partial charge in [0, 0.05) is 6.20 Å². The molecule has 0 aliphatic rings. The van der Waals surface area contributed by atoms with Gasteiger partial charge in [-0.1, -0.05) is 6.92 Å². The molecule has 0 fully saturated rings. The van der Waals surface area contributed by atoms with Crippen molar-refractivity contribution in [1.29, 1.82) is 0 Å². The number of aromatic nitrogens is 2. The number of carboxylic acids is 1. The van der Waals surface area contributed by atoms with Crippen LogP contribution >= 0.6 is 0 Å². The van der Waals surface area contributed by atoms with Crippen molar-refractivity contribution in [3.05, 3.63) is 24.2 Å². The molecule has 1 unspecified atom stereocenters. The van der Waals surface area contributed by atoms with Crippen LogP contribution in [0.1, 0.15) is 24.8 Å². The first kappa shape index (κ1) is 9.64. The second kappa shape index (κ2) is 3.68. The Labute approximate surface area is 85.8 Å². The number of hydrogen-bond donors (Lipinski definition) is 1. The van der Waals surface area contributed by atoms with Crippen LogP contribution < -0.4 is 0 Å². The van der Waals surface area contributed by atoms with E-state index in [0.717, 1.165) is 5.56 Å². The van der Waals surface area contributed by atoms with E-state index in [0.29, 0.717) is 11.2 Å². The number of rotatable bonds is 3. The lowest BCUT2D eigenvalue weighted by Crippen LogP contribution is -2.03. The Morgan fingerprint density at radius 2 is 2.40 bits per heavy atom. The second-order valence-electron chi connectivity index (χ2n) is 3.44. The third-order valence-electron chi connectivity index (χ3n) is 2.26. The van der Waals surface area contributed by atoms with Gasteiger partial charge in [0.15, 0.2) is 6.39 Å². The highest BCUT2D eigenvalue weighted by atomic mass is 16.4. The maximum Gasteiger partial charge on any atom is 0.303 e. The Kier molecular flexibility index (Phi) is 2.37. The number of carbonyl (C=O) groups is 1. The molecule has 0 saturated heterocycles. The van der Waals surface area contributed by atoms with E-state index >= 15 is 0 Å². The molecule has 78 valence electrons. The predicted molar refractivity (Wildman–Crippen MR) is 52.5 cm³/mol. The summed E-state index contributed by atoms with van der Waals surface area (Å²) < 4.78 is 5.00. The van der Waals surface area contributed by atoms with Crippen molar-refractivity contribution in [2.45, 2.75) is 19.3 Å². The second-order valence-corrected chi connectivity index (χ2v) is 3.44. The summed E-state index contributed by atoms with van der Waals surface area (Å²) in [6.07, 6.45) is 3.04. The van der Waals surface area contributed by atoms with Crippen molar-refractivity contribution in [2.24, 2.45) is 0 Å². The highest BCUT2D eigenvalue weighted by Crippen LogP contribution is 2.21. The Hall–Kier alpha value is -1.91. The van der Waals surface area contributed by atoms with Crippen LogP contribution in [-0.2, 0) is 4.79 Å². The molecule has 0 spiro atoms. The van der Waals surface area contributed by atoms with Crippen molar-refractivity contribution in [2.75, 3.05) is 0 Å². The van der Waals surface area contributed by atoms with Crippen LogP contribution in [0.4, 0.5) is 0 Å². The first-order valence-corrected chi connectivity index (χ1v) is 4.58. The van der Waals surface area contributed by atoms with E-state index in [-0.39, 0.29) is 12.3 Å². The monoisotopic (exact) mass is 206 g/mol. The molecule has 5 heteroatoms. The van der Waals surface area contributed by atoms with E-state index in [2.05, 4.69) is 9.97 Å². The summed E-state index contributed by atoms with van der Waals surface area (Å²) in [5, 5.41) is 8.66. The molecule has 2 heterocycles. The lowest BCUT2D eigenvalue weighted by molar-refractivity contribution is -0.137. The number of carboxylic acid groups (broad SMARTS) is 1. The van der Waals surface area contributed by atoms with Gasteiger partial charge >= 0.3 is 5.97 Å². The molecule has 0 aliphatic carbocycles. The highest BCUT2D eigenvalue weighted by molar-refractivity contribution is 5.70. The van der Waals surface area contributed by atoms with Crippen LogP contribution in [0.15, 0.2) is 23.1 Å². The van der Waals surface area contributed by atoms with E-state index in [1.165, 1.54) is 6.39 Å². The zero-order valence-electron chi connectivity index (χ0n) is 8.17. The van der Waals surface area contributed by atoms with E-state index in [1.54, 1.807) is 12.3 Å². The fourth-order valence-corrected chi connectivity index (χ4v) is 1.42. The van der Waals surface area contributed by atoms with Gasteiger partial charge in [0.2, 0.25) is 5.71 Å². The molecule has 0 amide bonds. The topological polar surface area (TPSA) is 76.2 Å². The van der Waals surface area contributed by atoms with Gasteiger partial charge in [-0.15, -0.1) is 0 Å². The molecule has 2 aromatic heterocycles. The molecule has 2 rings (SSSR count). The lowest BCUT2D eigenvalue weighted by atomic mass is 10.00. The Morgan fingerprint density at radius 3 is 3.13 bits per heavy atom. The number of hydrogen-bond acceptors (Lipinski definition) is 4. The summed E-state index contributed by atoms with van der Waals surface area (Å²) in [6, 6.07) is 1.80. The predicted octanol–water partition coefficient (Wildman–Crippen LogP) is 1.80. The molecule has 0 bridgehead atoms. The quantitative estimate of drug-likeness (QED) is 0.828. The largest absolute Gasteiger partial charge is 0.481 e. The first-order chi connectivity index (χ1) is 7.16. The molecule has 1 atom stereocenters. The van der Waals surface area contributed by atoms with E-state index < -0.39 is 5.97 Å². The average Bonchev–Trinajstić information content (AvgIpc) is 2.62. The number of aliphatic carboxylic acids is 1.